The van der Waals surface area contributed by atoms with Gasteiger partial charge in [0.25, 0.3) is 0 Å². The minimum atomic E-state index is -3.84. The average Bonchev–Trinajstić information content (AvgIpc) is 2.59. The molecule has 1 atom stereocenters. The molecule has 2 rings (SSSR count). The van der Waals surface area contributed by atoms with E-state index < -0.39 is 14.9 Å². The summed E-state index contributed by atoms with van der Waals surface area (Å²) in [5, 5.41) is 11.0. The molecule has 0 radical (unpaired) electrons. The van der Waals surface area contributed by atoms with E-state index in [0.717, 1.165) is 19.2 Å². The highest BCUT2D eigenvalue weighted by Gasteiger charge is 2.24. The van der Waals surface area contributed by atoms with Gasteiger partial charge in [-0.25, -0.2) is 13.1 Å². The Balaban J connectivity index is 2.09. The van der Waals surface area contributed by atoms with Crippen molar-refractivity contribution < 1.29 is 22.8 Å². The SMILES string of the molecule is COc1ccc(S(=O)(=O)NCC(C)N2CCOCC2)cc1[N+](=O)[O-]. The van der Waals surface area contributed by atoms with Crippen LogP contribution >= 0.6 is 0 Å². The van der Waals surface area contributed by atoms with Crippen LogP contribution in [0.3, 0.4) is 0 Å². The summed E-state index contributed by atoms with van der Waals surface area (Å²) in [6.07, 6.45) is 0. The fourth-order valence-corrected chi connectivity index (χ4v) is 3.58. The van der Waals surface area contributed by atoms with E-state index in [9.17, 15) is 18.5 Å². The van der Waals surface area contributed by atoms with Gasteiger partial charge in [-0.3, -0.25) is 15.0 Å². The Kier molecular flexibility index (Phi) is 6.10. The predicted molar refractivity (Wildman–Crippen MR) is 86.7 cm³/mol. The number of morpholine rings is 1. The molecule has 0 bridgehead atoms. The molecule has 1 heterocycles. The van der Waals surface area contributed by atoms with Gasteiger partial charge in [0.2, 0.25) is 10.0 Å². The van der Waals surface area contributed by atoms with Crippen LogP contribution in [-0.4, -0.2) is 64.2 Å². The fourth-order valence-electron chi connectivity index (χ4n) is 2.44. The molecule has 1 N–H and O–H groups in total. The monoisotopic (exact) mass is 359 g/mol. The van der Waals surface area contributed by atoms with E-state index in [-0.39, 0.29) is 28.9 Å². The summed E-state index contributed by atoms with van der Waals surface area (Å²) in [6, 6.07) is 3.56. The van der Waals surface area contributed by atoms with Crippen molar-refractivity contribution in [3.05, 3.63) is 28.3 Å². The minimum absolute atomic E-state index is 0.00286. The molecule has 9 nitrogen and oxygen atoms in total. The molecule has 10 heteroatoms. The maximum absolute atomic E-state index is 12.4. The third-order valence-electron chi connectivity index (χ3n) is 3.90. The lowest BCUT2D eigenvalue weighted by atomic mass is 10.2. The second kappa shape index (κ2) is 7.88. The molecule has 134 valence electrons. The smallest absolute Gasteiger partial charge is 0.312 e. The van der Waals surface area contributed by atoms with Gasteiger partial charge in [0.05, 0.1) is 30.1 Å². The number of nitrogens with one attached hydrogen (secondary N) is 1. The maximum Gasteiger partial charge on any atom is 0.312 e. The van der Waals surface area contributed by atoms with Crippen LogP contribution in [-0.2, 0) is 14.8 Å². The zero-order chi connectivity index (χ0) is 17.7. The predicted octanol–water partition coefficient (Wildman–Crippen LogP) is 0.602. The largest absolute Gasteiger partial charge is 0.490 e. The summed E-state index contributed by atoms with van der Waals surface area (Å²) < 4.78 is 37.4. The number of benzene rings is 1. The first kappa shape index (κ1) is 18.6. The van der Waals surface area contributed by atoms with E-state index in [4.69, 9.17) is 9.47 Å². The first-order valence-electron chi connectivity index (χ1n) is 7.49. The normalized spacial score (nSPS) is 17.4. The van der Waals surface area contributed by atoms with Gasteiger partial charge < -0.3 is 9.47 Å². The van der Waals surface area contributed by atoms with Crippen molar-refractivity contribution in [1.82, 2.24) is 9.62 Å². The minimum Gasteiger partial charge on any atom is -0.490 e. The van der Waals surface area contributed by atoms with Gasteiger partial charge in [0.15, 0.2) is 5.75 Å². The molecule has 1 unspecified atom stereocenters. The first-order valence-corrected chi connectivity index (χ1v) is 8.97. The number of hydrogen-bond donors (Lipinski definition) is 1. The number of nitro groups is 1. The van der Waals surface area contributed by atoms with Crippen molar-refractivity contribution in [1.29, 1.82) is 0 Å². The number of sulfonamides is 1. The number of ether oxygens (including phenoxy) is 2. The van der Waals surface area contributed by atoms with Crippen molar-refractivity contribution in [3.8, 4) is 5.75 Å². The Morgan fingerprint density at radius 1 is 1.42 bits per heavy atom. The molecule has 1 aromatic carbocycles. The van der Waals surface area contributed by atoms with E-state index in [1.54, 1.807) is 0 Å². The number of methoxy groups -OCH3 is 1. The molecule has 0 spiro atoms. The van der Waals surface area contributed by atoms with E-state index in [0.29, 0.717) is 13.2 Å². The highest BCUT2D eigenvalue weighted by Crippen LogP contribution is 2.29. The Morgan fingerprint density at radius 2 is 2.08 bits per heavy atom. The summed E-state index contributed by atoms with van der Waals surface area (Å²) in [7, 11) is -2.55. The quantitative estimate of drug-likeness (QED) is 0.560. The lowest BCUT2D eigenvalue weighted by Crippen LogP contribution is -2.47. The van der Waals surface area contributed by atoms with Crippen molar-refractivity contribution >= 4 is 15.7 Å². The molecule has 1 aromatic rings. The Labute approximate surface area is 140 Å². The molecule has 0 aromatic heterocycles. The summed E-state index contributed by atoms with van der Waals surface area (Å²) in [5.41, 5.74) is -0.387. The topological polar surface area (TPSA) is 111 Å². The standard InChI is InChI=1S/C14H21N3O6S/c1-11(16-5-7-23-8-6-16)10-15-24(20,21)12-3-4-14(22-2)13(9-12)17(18)19/h3-4,9,11,15H,5-8,10H2,1-2H3. The van der Waals surface area contributed by atoms with Crippen LogP contribution in [0, 0.1) is 10.1 Å². The van der Waals surface area contributed by atoms with Gasteiger partial charge in [-0.2, -0.15) is 0 Å². The van der Waals surface area contributed by atoms with Gasteiger partial charge in [0, 0.05) is 31.7 Å². The Morgan fingerprint density at radius 3 is 2.67 bits per heavy atom. The highest BCUT2D eigenvalue weighted by atomic mass is 32.2. The first-order chi connectivity index (χ1) is 11.3. The summed E-state index contributed by atoms with van der Waals surface area (Å²) in [4.78, 5) is 12.3. The third-order valence-corrected chi connectivity index (χ3v) is 5.32. The zero-order valence-corrected chi connectivity index (χ0v) is 14.4. The third kappa shape index (κ3) is 4.41. The zero-order valence-electron chi connectivity index (χ0n) is 13.6. The number of rotatable bonds is 7. The Bertz CT molecular complexity index is 688. The average molecular weight is 359 g/mol. The van der Waals surface area contributed by atoms with Crippen molar-refractivity contribution in [3.63, 3.8) is 0 Å². The number of hydrogen-bond acceptors (Lipinski definition) is 7. The van der Waals surface area contributed by atoms with Gasteiger partial charge in [-0.15, -0.1) is 0 Å². The van der Waals surface area contributed by atoms with Gasteiger partial charge in [-0.05, 0) is 19.1 Å². The molecule has 1 fully saturated rings. The maximum atomic E-state index is 12.4. The molecule has 24 heavy (non-hydrogen) atoms. The van der Waals surface area contributed by atoms with Crippen LogP contribution in [0.1, 0.15) is 6.92 Å². The molecular weight excluding hydrogens is 338 g/mol. The summed E-state index contributed by atoms with van der Waals surface area (Å²) in [6.45, 7) is 4.88. The van der Waals surface area contributed by atoms with Crippen molar-refractivity contribution in [2.75, 3.05) is 40.0 Å². The molecule has 1 aliphatic heterocycles. The summed E-state index contributed by atoms with van der Waals surface area (Å²) >= 11 is 0. The van der Waals surface area contributed by atoms with Gasteiger partial charge >= 0.3 is 5.69 Å². The van der Waals surface area contributed by atoms with Crippen molar-refractivity contribution in [2.45, 2.75) is 17.9 Å². The van der Waals surface area contributed by atoms with Gasteiger partial charge in [0.1, 0.15) is 0 Å². The molecule has 0 aliphatic carbocycles. The van der Waals surface area contributed by atoms with Crippen LogP contribution < -0.4 is 9.46 Å². The van der Waals surface area contributed by atoms with Crippen LogP contribution in [0.15, 0.2) is 23.1 Å². The Hall–Kier alpha value is -1.75. The lowest BCUT2D eigenvalue weighted by molar-refractivity contribution is -0.386. The molecule has 1 aliphatic rings. The van der Waals surface area contributed by atoms with E-state index >= 15 is 0 Å². The molecule has 0 amide bonds. The lowest BCUT2D eigenvalue weighted by Gasteiger charge is -2.32. The second-order valence-corrected chi connectivity index (χ2v) is 7.21. The van der Waals surface area contributed by atoms with Crippen LogP contribution in [0.5, 0.6) is 5.75 Å². The highest BCUT2D eigenvalue weighted by molar-refractivity contribution is 7.89. The van der Waals surface area contributed by atoms with E-state index in [1.807, 2.05) is 6.92 Å². The molecule has 1 saturated heterocycles. The molecule has 0 saturated carbocycles. The fraction of sp³-hybridized carbons (Fsp3) is 0.571. The van der Waals surface area contributed by atoms with Crippen molar-refractivity contribution in [2.24, 2.45) is 0 Å². The van der Waals surface area contributed by atoms with E-state index in [1.165, 1.54) is 19.2 Å². The number of nitrogens with zero attached hydrogens (tertiary/aromatic N) is 2. The van der Waals surface area contributed by atoms with Crippen LogP contribution in [0.2, 0.25) is 0 Å². The van der Waals surface area contributed by atoms with Crippen LogP contribution in [0.4, 0.5) is 5.69 Å². The number of nitro benzene ring substituents is 1. The van der Waals surface area contributed by atoms with E-state index in [2.05, 4.69) is 9.62 Å². The summed E-state index contributed by atoms with van der Waals surface area (Å²) in [5.74, 6) is 0.0145. The van der Waals surface area contributed by atoms with Gasteiger partial charge in [-0.1, -0.05) is 0 Å². The van der Waals surface area contributed by atoms with Crippen LogP contribution in [0.25, 0.3) is 0 Å². The second-order valence-electron chi connectivity index (χ2n) is 5.44. The molecular formula is C14H21N3O6S.